The second-order valence-corrected chi connectivity index (χ2v) is 3.56. The molecule has 0 amide bonds. The number of pyridine rings is 1. The third-order valence-corrected chi connectivity index (χ3v) is 1.98. The van der Waals surface area contributed by atoms with E-state index < -0.39 is 30.2 Å². The summed E-state index contributed by atoms with van der Waals surface area (Å²) < 4.78 is 62.5. The standard InChI is InChI=1S/C9H8ClF5N2/c10-1-2-17(5-9(13,14)15)8-7(12)3-6(11)4-16-8/h3-4H,1-2,5H2. The van der Waals surface area contributed by atoms with Gasteiger partial charge in [-0.3, -0.25) is 0 Å². The summed E-state index contributed by atoms with van der Waals surface area (Å²) in [5.41, 5.74) is 0. The molecule has 0 unspecified atom stereocenters. The maximum atomic E-state index is 13.2. The first-order valence-corrected chi connectivity index (χ1v) is 5.05. The van der Waals surface area contributed by atoms with Crippen LogP contribution in [0, 0.1) is 11.6 Å². The molecule has 96 valence electrons. The van der Waals surface area contributed by atoms with Gasteiger partial charge >= 0.3 is 6.18 Å². The van der Waals surface area contributed by atoms with Gasteiger partial charge < -0.3 is 4.90 Å². The lowest BCUT2D eigenvalue weighted by Gasteiger charge is -2.24. The van der Waals surface area contributed by atoms with Gasteiger partial charge in [0.15, 0.2) is 11.6 Å². The molecule has 0 N–H and O–H groups in total. The number of hydrogen-bond acceptors (Lipinski definition) is 2. The summed E-state index contributed by atoms with van der Waals surface area (Å²) in [5.74, 6) is -2.80. The van der Waals surface area contributed by atoms with Crippen LogP contribution in [-0.4, -0.2) is 30.1 Å². The molecule has 0 aliphatic rings. The quantitative estimate of drug-likeness (QED) is 0.620. The zero-order valence-electron chi connectivity index (χ0n) is 8.44. The molecule has 0 radical (unpaired) electrons. The van der Waals surface area contributed by atoms with E-state index in [1.165, 1.54) is 0 Å². The van der Waals surface area contributed by atoms with E-state index in [0.29, 0.717) is 17.2 Å². The molecule has 0 saturated heterocycles. The Bertz CT molecular complexity index is 382. The smallest absolute Gasteiger partial charge is 0.344 e. The molecule has 1 aromatic heterocycles. The number of rotatable bonds is 4. The Labute approximate surface area is 99.0 Å². The van der Waals surface area contributed by atoms with Gasteiger partial charge in [0.2, 0.25) is 0 Å². The molecule has 0 aliphatic carbocycles. The molecular formula is C9H8ClF5N2. The summed E-state index contributed by atoms with van der Waals surface area (Å²) in [4.78, 5) is 3.91. The van der Waals surface area contributed by atoms with Crippen molar-refractivity contribution >= 4 is 17.4 Å². The SMILES string of the molecule is Fc1cnc(N(CCCl)CC(F)(F)F)c(F)c1. The predicted octanol–water partition coefficient (Wildman–Crippen LogP) is 2.97. The highest BCUT2D eigenvalue weighted by atomic mass is 35.5. The lowest BCUT2D eigenvalue weighted by Crippen LogP contribution is -2.36. The Morgan fingerprint density at radius 1 is 1.29 bits per heavy atom. The molecule has 8 heteroatoms. The largest absolute Gasteiger partial charge is 0.405 e. The normalized spacial score (nSPS) is 11.6. The van der Waals surface area contributed by atoms with Crippen LogP contribution in [0.15, 0.2) is 12.3 Å². The van der Waals surface area contributed by atoms with Crippen LogP contribution in [-0.2, 0) is 0 Å². The van der Waals surface area contributed by atoms with Crippen molar-refractivity contribution in [2.75, 3.05) is 23.9 Å². The van der Waals surface area contributed by atoms with E-state index in [-0.39, 0.29) is 12.4 Å². The van der Waals surface area contributed by atoms with E-state index in [9.17, 15) is 22.0 Å². The summed E-state index contributed by atoms with van der Waals surface area (Å²) in [6.45, 7) is -1.63. The molecule has 0 atom stereocenters. The van der Waals surface area contributed by atoms with Crippen LogP contribution in [0.1, 0.15) is 0 Å². The molecule has 0 saturated carbocycles. The van der Waals surface area contributed by atoms with Crippen LogP contribution >= 0.6 is 11.6 Å². The Kier molecular flexibility index (Phi) is 4.50. The van der Waals surface area contributed by atoms with Crippen molar-refractivity contribution in [2.24, 2.45) is 0 Å². The third kappa shape index (κ3) is 4.33. The van der Waals surface area contributed by atoms with Gasteiger partial charge in [-0.15, -0.1) is 11.6 Å². The number of hydrogen-bond donors (Lipinski definition) is 0. The Balaban J connectivity index is 2.97. The lowest BCUT2D eigenvalue weighted by atomic mass is 10.3. The van der Waals surface area contributed by atoms with E-state index in [2.05, 4.69) is 4.98 Å². The number of anilines is 1. The predicted molar refractivity (Wildman–Crippen MR) is 53.1 cm³/mol. The van der Waals surface area contributed by atoms with Crippen LogP contribution in [0.3, 0.4) is 0 Å². The van der Waals surface area contributed by atoms with Crippen molar-refractivity contribution in [2.45, 2.75) is 6.18 Å². The van der Waals surface area contributed by atoms with Crippen molar-refractivity contribution in [1.29, 1.82) is 0 Å². The molecule has 1 rings (SSSR count). The Morgan fingerprint density at radius 3 is 2.41 bits per heavy atom. The molecule has 1 aromatic rings. The minimum atomic E-state index is -4.52. The summed E-state index contributed by atoms with van der Waals surface area (Å²) in [6.07, 6.45) is -3.87. The van der Waals surface area contributed by atoms with Gasteiger partial charge in [-0.1, -0.05) is 0 Å². The highest BCUT2D eigenvalue weighted by molar-refractivity contribution is 6.18. The number of alkyl halides is 4. The van der Waals surface area contributed by atoms with Gasteiger partial charge in [0.05, 0.1) is 6.20 Å². The summed E-state index contributed by atoms with van der Waals surface area (Å²) in [6, 6.07) is 0.472. The van der Waals surface area contributed by atoms with Crippen molar-refractivity contribution < 1.29 is 22.0 Å². The molecule has 0 fully saturated rings. The first-order valence-electron chi connectivity index (χ1n) is 4.52. The van der Waals surface area contributed by atoms with Crippen LogP contribution < -0.4 is 4.90 Å². The van der Waals surface area contributed by atoms with Crippen molar-refractivity contribution in [1.82, 2.24) is 4.98 Å². The molecule has 0 aliphatic heterocycles. The summed E-state index contributed by atoms with van der Waals surface area (Å²) in [7, 11) is 0. The number of aromatic nitrogens is 1. The highest BCUT2D eigenvalue weighted by Gasteiger charge is 2.32. The number of nitrogens with zero attached hydrogens (tertiary/aromatic N) is 2. The van der Waals surface area contributed by atoms with E-state index >= 15 is 0 Å². The van der Waals surface area contributed by atoms with Gasteiger partial charge in [0.25, 0.3) is 0 Å². The maximum Gasteiger partial charge on any atom is 0.405 e. The topological polar surface area (TPSA) is 16.1 Å². The zero-order chi connectivity index (χ0) is 13.1. The molecule has 17 heavy (non-hydrogen) atoms. The monoisotopic (exact) mass is 274 g/mol. The fourth-order valence-electron chi connectivity index (χ4n) is 1.22. The maximum absolute atomic E-state index is 13.2. The van der Waals surface area contributed by atoms with Crippen molar-refractivity contribution in [3.63, 3.8) is 0 Å². The van der Waals surface area contributed by atoms with Crippen LogP contribution in [0.2, 0.25) is 0 Å². The van der Waals surface area contributed by atoms with Crippen LogP contribution in [0.4, 0.5) is 27.8 Å². The van der Waals surface area contributed by atoms with Gasteiger partial charge in [-0.05, 0) is 0 Å². The molecule has 1 heterocycles. The fourth-order valence-corrected chi connectivity index (χ4v) is 1.42. The summed E-state index contributed by atoms with van der Waals surface area (Å²) >= 11 is 5.33. The first-order chi connectivity index (χ1) is 7.83. The molecular weight excluding hydrogens is 267 g/mol. The minimum absolute atomic E-state index is 0.130. The molecule has 0 bridgehead atoms. The van der Waals surface area contributed by atoms with Crippen molar-refractivity contribution in [3.8, 4) is 0 Å². The van der Waals surface area contributed by atoms with E-state index in [1.807, 2.05) is 0 Å². The van der Waals surface area contributed by atoms with Gasteiger partial charge in [0, 0.05) is 18.5 Å². The molecule has 2 nitrogen and oxygen atoms in total. The minimum Gasteiger partial charge on any atom is -0.344 e. The lowest BCUT2D eigenvalue weighted by molar-refractivity contribution is -0.119. The highest BCUT2D eigenvalue weighted by Crippen LogP contribution is 2.23. The molecule has 0 spiro atoms. The van der Waals surface area contributed by atoms with Gasteiger partial charge in [0.1, 0.15) is 12.4 Å². The van der Waals surface area contributed by atoms with E-state index in [0.717, 1.165) is 0 Å². The third-order valence-electron chi connectivity index (χ3n) is 1.81. The second kappa shape index (κ2) is 5.48. The zero-order valence-corrected chi connectivity index (χ0v) is 9.19. The first kappa shape index (κ1) is 14.0. The fraction of sp³-hybridized carbons (Fsp3) is 0.444. The Morgan fingerprint density at radius 2 is 1.94 bits per heavy atom. The second-order valence-electron chi connectivity index (χ2n) is 3.18. The van der Waals surface area contributed by atoms with Crippen LogP contribution in [0.25, 0.3) is 0 Å². The summed E-state index contributed by atoms with van der Waals surface area (Å²) in [5, 5.41) is 0. The Hall–Kier alpha value is -1.11. The molecule has 0 aromatic carbocycles. The average Bonchev–Trinajstić information content (AvgIpc) is 2.14. The number of halogens is 6. The van der Waals surface area contributed by atoms with E-state index in [4.69, 9.17) is 11.6 Å². The van der Waals surface area contributed by atoms with Crippen molar-refractivity contribution in [3.05, 3.63) is 23.9 Å². The van der Waals surface area contributed by atoms with Crippen LogP contribution in [0.5, 0.6) is 0 Å². The average molecular weight is 275 g/mol. The van der Waals surface area contributed by atoms with Gasteiger partial charge in [-0.25, -0.2) is 13.8 Å². The van der Waals surface area contributed by atoms with Gasteiger partial charge in [-0.2, -0.15) is 13.2 Å². The van der Waals surface area contributed by atoms with E-state index in [1.54, 1.807) is 0 Å².